The van der Waals surface area contributed by atoms with E-state index in [2.05, 4.69) is 24.1 Å². The van der Waals surface area contributed by atoms with Gasteiger partial charge in [-0.2, -0.15) is 0 Å². The maximum absolute atomic E-state index is 9.29. The first kappa shape index (κ1) is 15.3. The monoisotopic (exact) mass is 268 g/mol. The third kappa shape index (κ3) is 4.17. The van der Waals surface area contributed by atoms with Gasteiger partial charge in [-0.3, -0.25) is 4.90 Å². The van der Waals surface area contributed by atoms with Crippen LogP contribution in [-0.2, 0) is 0 Å². The first-order valence-corrected chi connectivity index (χ1v) is 8.22. The van der Waals surface area contributed by atoms with Crippen molar-refractivity contribution in [2.75, 3.05) is 26.2 Å². The van der Waals surface area contributed by atoms with E-state index in [9.17, 15) is 5.11 Å². The molecule has 0 aromatic carbocycles. The highest BCUT2D eigenvalue weighted by Gasteiger charge is 2.33. The Morgan fingerprint density at radius 2 is 2.05 bits per heavy atom. The molecule has 2 rings (SSSR count). The number of likely N-dealkylation sites (tertiary alicyclic amines) is 1. The van der Waals surface area contributed by atoms with Crippen LogP contribution in [0.5, 0.6) is 0 Å². The van der Waals surface area contributed by atoms with Crippen molar-refractivity contribution >= 4 is 0 Å². The molecule has 112 valence electrons. The number of nitrogens with one attached hydrogen (secondary N) is 1. The van der Waals surface area contributed by atoms with E-state index in [0.717, 1.165) is 12.6 Å². The summed E-state index contributed by atoms with van der Waals surface area (Å²) in [5, 5.41) is 13.0. The second-order valence-corrected chi connectivity index (χ2v) is 7.11. The first-order chi connectivity index (χ1) is 9.13. The van der Waals surface area contributed by atoms with Crippen molar-refractivity contribution in [1.29, 1.82) is 0 Å². The van der Waals surface area contributed by atoms with Crippen LogP contribution in [0.2, 0.25) is 0 Å². The Morgan fingerprint density at radius 1 is 1.21 bits per heavy atom. The van der Waals surface area contributed by atoms with E-state index in [1.54, 1.807) is 0 Å². The van der Waals surface area contributed by atoms with Crippen LogP contribution in [0.4, 0.5) is 0 Å². The fraction of sp³-hybridized carbons (Fsp3) is 1.00. The van der Waals surface area contributed by atoms with Crippen molar-refractivity contribution in [1.82, 2.24) is 10.2 Å². The van der Waals surface area contributed by atoms with Crippen LogP contribution in [0.15, 0.2) is 0 Å². The van der Waals surface area contributed by atoms with Gasteiger partial charge in [0.2, 0.25) is 0 Å². The average Bonchev–Trinajstić information content (AvgIpc) is 2.95. The predicted octanol–water partition coefficient (Wildman–Crippen LogP) is 2.39. The predicted molar refractivity (Wildman–Crippen MR) is 80.3 cm³/mol. The molecule has 2 N–H and O–H groups in total. The Hall–Kier alpha value is -0.120. The third-order valence-electron chi connectivity index (χ3n) is 5.23. The summed E-state index contributed by atoms with van der Waals surface area (Å²) in [6.45, 7) is 8.65. The maximum Gasteiger partial charge on any atom is 0.0586 e. The highest BCUT2D eigenvalue weighted by Crippen LogP contribution is 2.37. The van der Waals surface area contributed by atoms with E-state index in [-0.39, 0.29) is 0 Å². The van der Waals surface area contributed by atoms with Crippen LogP contribution in [0.1, 0.15) is 58.8 Å². The molecule has 0 aromatic heterocycles. The Kier molecular flexibility index (Phi) is 5.67. The lowest BCUT2D eigenvalue weighted by atomic mass is 9.87. The standard InChI is InChI=1S/C16H32N2O/c1-16(2)9-5-8-15(16)17-10-3-4-11-18-12-6-7-14(18)13-19/h14-15,17,19H,3-13H2,1-2H3. The molecule has 1 saturated carbocycles. The first-order valence-electron chi connectivity index (χ1n) is 8.22. The SMILES string of the molecule is CC1(C)CCCC1NCCCCN1CCCC1CO. The molecule has 3 heteroatoms. The molecular weight excluding hydrogens is 236 g/mol. The third-order valence-corrected chi connectivity index (χ3v) is 5.23. The number of rotatable bonds is 7. The minimum Gasteiger partial charge on any atom is -0.395 e. The summed E-state index contributed by atoms with van der Waals surface area (Å²) in [7, 11) is 0. The minimum atomic E-state index is 0.342. The van der Waals surface area contributed by atoms with Crippen molar-refractivity contribution in [3.63, 3.8) is 0 Å². The van der Waals surface area contributed by atoms with E-state index in [1.165, 1.54) is 58.0 Å². The molecule has 0 spiro atoms. The van der Waals surface area contributed by atoms with Gasteiger partial charge in [0.05, 0.1) is 6.61 Å². The second kappa shape index (κ2) is 7.05. The zero-order chi connectivity index (χ0) is 13.7. The van der Waals surface area contributed by atoms with Crippen LogP contribution < -0.4 is 5.32 Å². The van der Waals surface area contributed by atoms with Crippen LogP contribution in [-0.4, -0.2) is 48.3 Å². The molecule has 3 nitrogen and oxygen atoms in total. The smallest absolute Gasteiger partial charge is 0.0586 e. The van der Waals surface area contributed by atoms with Crippen molar-refractivity contribution in [2.45, 2.75) is 70.9 Å². The van der Waals surface area contributed by atoms with Gasteiger partial charge in [-0.15, -0.1) is 0 Å². The largest absolute Gasteiger partial charge is 0.395 e. The molecule has 1 heterocycles. The Bertz CT molecular complexity index is 267. The van der Waals surface area contributed by atoms with E-state index < -0.39 is 0 Å². The van der Waals surface area contributed by atoms with Crippen LogP contribution in [0, 0.1) is 5.41 Å². The average molecular weight is 268 g/mol. The molecule has 0 radical (unpaired) electrons. The Labute approximate surface area is 118 Å². The van der Waals surface area contributed by atoms with Gasteiger partial charge in [0, 0.05) is 12.1 Å². The lowest BCUT2D eigenvalue weighted by Gasteiger charge is -2.28. The number of aliphatic hydroxyl groups excluding tert-OH is 1. The molecule has 2 atom stereocenters. The molecule has 2 unspecified atom stereocenters. The van der Waals surface area contributed by atoms with Crippen LogP contribution in [0.25, 0.3) is 0 Å². The highest BCUT2D eigenvalue weighted by molar-refractivity contribution is 4.90. The van der Waals surface area contributed by atoms with Gasteiger partial charge in [0.15, 0.2) is 0 Å². The Balaban J connectivity index is 1.55. The summed E-state index contributed by atoms with van der Waals surface area (Å²) in [6.07, 6.45) is 9.08. The van der Waals surface area contributed by atoms with Gasteiger partial charge in [0.1, 0.15) is 0 Å². The molecule has 2 fully saturated rings. The summed E-state index contributed by atoms with van der Waals surface area (Å²) in [5.74, 6) is 0. The Morgan fingerprint density at radius 3 is 2.74 bits per heavy atom. The summed E-state index contributed by atoms with van der Waals surface area (Å²) < 4.78 is 0. The lowest BCUT2D eigenvalue weighted by Crippen LogP contribution is -2.38. The quantitative estimate of drug-likeness (QED) is 0.696. The topological polar surface area (TPSA) is 35.5 Å². The zero-order valence-corrected chi connectivity index (χ0v) is 12.8. The summed E-state index contributed by atoms with van der Waals surface area (Å²) in [5.41, 5.74) is 0.497. The van der Waals surface area contributed by atoms with Gasteiger partial charge in [-0.1, -0.05) is 20.3 Å². The summed E-state index contributed by atoms with van der Waals surface area (Å²) in [6, 6.07) is 1.17. The van der Waals surface area contributed by atoms with E-state index >= 15 is 0 Å². The minimum absolute atomic E-state index is 0.342. The van der Waals surface area contributed by atoms with Gasteiger partial charge in [0.25, 0.3) is 0 Å². The fourth-order valence-corrected chi connectivity index (χ4v) is 3.82. The van der Waals surface area contributed by atoms with E-state index in [1.807, 2.05) is 0 Å². The molecular formula is C16H32N2O. The van der Waals surface area contributed by atoms with E-state index in [4.69, 9.17) is 0 Å². The molecule has 0 amide bonds. The molecule has 2 aliphatic rings. The molecule has 1 aliphatic carbocycles. The van der Waals surface area contributed by atoms with Crippen molar-refractivity contribution < 1.29 is 5.11 Å². The maximum atomic E-state index is 9.29. The highest BCUT2D eigenvalue weighted by atomic mass is 16.3. The fourth-order valence-electron chi connectivity index (χ4n) is 3.82. The summed E-state index contributed by atoms with van der Waals surface area (Å²) in [4.78, 5) is 2.47. The summed E-state index contributed by atoms with van der Waals surface area (Å²) >= 11 is 0. The van der Waals surface area contributed by atoms with E-state index in [0.29, 0.717) is 18.1 Å². The van der Waals surface area contributed by atoms with Crippen molar-refractivity contribution in [2.24, 2.45) is 5.41 Å². The van der Waals surface area contributed by atoms with Gasteiger partial charge in [-0.25, -0.2) is 0 Å². The van der Waals surface area contributed by atoms with Crippen molar-refractivity contribution in [3.8, 4) is 0 Å². The van der Waals surface area contributed by atoms with Crippen LogP contribution >= 0.6 is 0 Å². The molecule has 0 aromatic rings. The molecule has 1 saturated heterocycles. The number of aliphatic hydroxyl groups is 1. The number of hydrogen-bond acceptors (Lipinski definition) is 3. The van der Waals surface area contributed by atoms with Crippen LogP contribution in [0.3, 0.4) is 0 Å². The normalized spacial score (nSPS) is 31.1. The van der Waals surface area contributed by atoms with Crippen molar-refractivity contribution in [3.05, 3.63) is 0 Å². The number of hydrogen-bond donors (Lipinski definition) is 2. The van der Waals surface area contributed by atoms with Gasteiger partial charge >= 0.3 is 0 Å². The van der Waals surface area contributed by atoms with Gasteiger partial charge in [-0.05, 0) is 63.6 Å². The van der Waals surface area contributed by atoms with Gasteiger partial charge < -0.3 is 10.4 Å². The molecule has 0 bridgehead atoms. The number of nitrogens with zero attached hydrogens (tertiary/aromatic N) is 1. The zero-order valence-electron chi connectivity index (χ0n) is 12.8. The lowest BCUT2D eigenvalue weighted by molar-refractivity contribution is 0.156. The number of unbranched alkanes of at least 4 members (excludes halogenated alkanes) is 1. The second-order valence-electron chi connectivity index (χ2n) is 7.11. The molecule has 19 heavy (non-hydrogen) atoms. The molecule has 1 aliphatic heterocycles.